The molecule has 0 heterocycles. The molecule has 36 heavy (non-hydrogen) atoms. The van der Waals surface area contributed by atoms with Crippen molar-refractivity contribution in [2.45, 2.75) is 82.7 Å². The van der Waals surface area contributed by atoms with Crippen molar-refractivity contribution in [3.05, 3.63) is 108 Å². The maximum absolute atomic E-state index is 13.9. The van der Waals surface area contributed by atoms with Crippen molar-refractivity contribution in [3.8, 4) is 0 Å². The number of hydrogen-bond donors (Lipinski definition) is 0. The Kier molecular flexibility index (Phi) is 9.43. The second-order valence-electron chi connectivity index (χ2n) is 11.3. The normalized spacial score (nSPS) is 14.8. The fourth-order valence-electron chi connectivity index (χ4n) is 4.37. The van der Waals surface area contributed by atoms with Gasteiger partial charge in [-0.1, -0.05) is 112 Å². The molecular weight excluding hydrogens is 462 g/mol. The van der Waals surface area contributed by atoms with E-state index in [4.69, 9.17) is 4.74 Å². The molecule has 0 spiro atoms. The van der Waals surface area contributed by atoms with Crippen LogP contribution in [0.1, 0.15) is 77.2 Å². The smallest absolute Gasteiger partial charge is 0.321 e. The minimum atomic E-state index is -0.565. The van der Waals surface area contributed by atoms with Gasteiger partial charge >= 0.3 is 5.97 Å². The van der Waals surface area contributed by atoms with Crippen LogP contribution in [0.3, 0.4) is 0 Å². The average molecular weight is 504 g/mol. The summed E-state index contributed by atoms with van der Waals surface area (Å²) in [5.41, 5.74) is 2.98. The summed E-state index contributed by atoms with van der Waals surface area (Å²) in [6, 6.07) is 31.4. The second kappa shape index (κ2) is 12.1. The van der Waals surface area contributed by atoms with E-state index in [-0.39, 0.29) is 22.8 Å². The van der Waals surface area contributed by atoms with Crippen molar-refractivity contribution in [1.82, 2.24) is 4.90 Å². The van der Waals surface area contributed by atoms with Gasteiger partial charge in [0, 0.05) is 17.3 Å². The van der Waals surface area contributed by atoms with E-state index in [9.17, 15) is 4.79 Å². The van der Waals surface area contributed by atoms with Gasteiger partial charge in [-0.3, -0.25) is 9.69 Å². The fourth-order valence-corrected chi connectivity index (χ4v) is 5.71. The average Bonchev–Trinajstić information content (AvgIpc) is 2.82. The summed E-state index contributed by atoms with van der Waals surface area (Å²) in [5, 5.41) is -0.415. The lowest BCUT2D eigenvalue weighted by Crippen LogP contribution is -2.44. The molecule has 0 amide bonds. The van der Waals surface area contributed by atoms with Crippen LogP contribution in [-0.2, 0) is 16.1 Å². The summed E-state index contributed by atoms with van der Waals surface area (Å²) in [7, 11) is 0. The third-order valence-electron chi connectivity index (χ3n) is 5.89. The molecule has 0 fully saturated rings. The van der Waals surface area contributed by atoms with Crippen molar-refractivity contribution < 1.29 is 9.53 Å². The van der Waals surface area contributed by atoms with Gasteiger partial charge in [0.1, 0.15) is 10.9 Å². The van der Waals surface area contributed by atoms with Crippen molar-refractivity contribution in [3.63, 3.8) is 0 Å². The van der Waals surface area contributed by atoms with Gasteiger partial charge in [0.25, 0.3) is 0 Å². The third-order valence-corrected chi connectivity index (χ3v) is 7.30. The van der Waals surface area contributed by atoms with Crippen molar-refractivity contribution in [1.29, 1.82) is 0 Å². The van der Waals surface area contributed by atoms with Crippen molar-refractivity contribution in [2.24, 2.45) is 0 Å². The molecule has 0 unspecified atom stereocenters. The van der Waals surface area contributed by atoms with Crippen LogP contribution in [-0.4, -0.2) is 26.5 Å². The zero-order valence-electron chi connectivity index (χ0n) is 22.8. The highest BCUT2D eigenvalue weighted by atomic mass is 32.2. The maximum atomic E-state index is 13.9. The van der Waals surface area contributed by atoms with E-state index in [1.807, 2.05) is 39.0 Å². The quantitative estimate of drug-likeness (QED) is 0.275. The molecule has 192 valence electrons. The Bertz CT molecular complexity index is 1070. The molecule has 0 saturated carbocycles. The molecule has 0 aromatic heterocycles. The summed E-state index contributed by atoms with van der Waals surface area (Å²) in [5.74, 6) is -0.172. The highest BCUT2D eigenvalue weighted by Crippen LogP contribution is 2.43. The van der Waals surface area contributed by atoms with Crippen LogP contribution in [0, 0.1) is 0 Å². The minimum absolute atomic E-state index is 0.0714. The standard InChI is InChI=1S/C32H41NO2S/c1-24(26-19-13-9-14-20-26)33(23-25-17-11-8-12-18-25)28(27-21-15-10-16-22-27)29(36-32(5,6)7)30(34)35-31(2,3)4/h8-22,24,28-29H,23H2,1-7H3/t24-,28-,29-/m1/s1. The molecular formula is C32H41NO2S. The number of esters is 1. The molecule has 0 aliphatic carbocycles. The second-order valence-corrected chi connectivity index (χ2v) is 13.3. The number of hydrogen-bond acceptors (Lipinski definition) is 4. The zero-order valence-corrected chi connectivity index (χ0v) is 23.6. The van der Waals surface area contributed by atoms with Crippen LogP contribution >= 0.6 is 11.8 Å². The lowest BCUT2D eigenvalue weighted by molar-refractivity contribution is -0.156. The Morgan fingerprint density at radius 3 is 1.72 bits per heavy atom. The van der Waals surface area contributed by atoms with Gasteiger partial charge in [-0.15, -0.1) is 11.8 Å². The van der Waals surface area contributed by atoms with Gasteiger partial charge in [-0.2, -0.15) is 0 Å². The van der Waals surface area contributed by atoms with E-state index in [1.165, 1.54) is 11.1 Å². The van der Waals surface area contributed by atoms with Crippen LogP contribution in [0.15, 0.2) is 91.0 Å². The molecule has 3 aromatic carbocycles. The lowest BCUT2D eigenvalue weighted by atomic mass is 9.96. The van der Waals surface area contributed by atoms with Gasteiger partial charge in [-0.25, -0.2) is 0 Å². The predicted octanol–water partition coefficient (Wildman–Crippen LogP) is 8.23. The highest BCUT2D eigenvalue weighted by molar-refractivity contribution is 8.01. The number of ether oxygens (including phenoxy) is 1. The number of rotatable bonds is 9. The topological polar surface area (TPSA) is 29.5 Å². The number of benzene rings is 3. The molecule has 0 radical (unpaired) electrons. The van der Waals surface area contributed by atoms with Crippen LogP contribution in [0.2, 0.25) is 0 Å². The SMILES string of the molecule is C[C@H](c1ccccc1)N(Cc1ccccc1)[C@H](c1ccccc1)[C@@H](SC(C)(C)C)C(=O)OC(C)(C)C. The van der Waals surface area contributed by atoms with E-state index >= 15 is 0 Å². The summed E-state index contributed by atoms with van der Waals surface area (Å²) >= 11 is 1.69. The van der Waals surface area contributed by atoms with Gasteiger partial charge in [-0.05, 0) is 44.4 Å². The lowest BCUT2D eigenvalue weighted by Gasteiger charge is -2.42. The van der Waals surface area contributed by atoms with Crippen LogP contribution in [0.5, 0.6) is 0 Å². The van der Waals surface area contributed by atoms with Crippen LogP contribution < -0.4 is 0 Å². The minimum Gasteiger partial charge on any atom is -0.459 e. The number of carbonyl (C=O) groups excluding carboxylic acids is 1. The largest absolute Gasteiger partial charge is 0.459 e. The van der Waals surface area contributed by atoms with E-state index < -0.39 is 10.9 Å². The van der Waals surface area contributed by atoms with Gasteiger partial charge in [0.15, 0.2) is 0 Å². The number of thioether (sulfide) groups is 1. The summed E-state index contributed by atoms with van der Waals surface area (Å²) in [4.78, 5) is 16.4. The molecule has 0 bridgehead atoms. The highest BCUT2D eigenvalue weighted by Gasteiger charge is 2.41. The molecule has 3 nitrogen and oxygen atoms in total. The zero-order chi connectivity index (χ0) is 26.3. The van der Waals surface area contributed by atoms with E-state index in [0.717, 1.165) is 5.56 Å². The maximum Gasteiger partial charge on any atom is 0.321 e. The van der Waals surface area contributed by atoms with Crippen LogP contribution in [0.25, 0.3) is 0 Å². The van der Waals surface area contributed by atoms with E-state index in [2.05, 4.69) is 105 Å². The first-order chi connectivity index (χ1) is 16.9. The molecule has 3 aromatic rings. The van der Waals surface area contributed by atoms with E-state index in [0.29, 0.717) is 6.54 Å². The van der Waals surface area contributed by atoms with Gasteiger partial charge in [0.05, 0.1) is 6.04 Å². The Morgan fingerprint density at radius 2 is 1.25 bits per heavy atom. The monoisotopic (exact) mass is 503 g/mol. The van der Waals surface area contributed by atoms with E-state index in [1.54, 1.807) is 11.8 Å². The number of nitrogens with zero attached hydrogens (tertiary/aromatic N) is 1. The summed E-state index contributed by atoms with van der Waals surface area (Å²) < 4.78 is 5.91. The van der Waals surface area contributed by atoms with Crippen LogP contribution in [0.4, 0.5) is 0 Å². The Morgan fingerprint density at radius 1 is 0.778 bits per heavy atom. The fraction of sp³-hybridized carbons (Fsp3) is 0.406. The predicted molar refractivity (Wildman–Crippen MR) is 153 cm³/mol. The molecule has 3 atom stereocenters. The first kappa shape index (κ1) is 28.0. The first-order valence-electron chi connectivity index (χ1n) is 12.7. The third kappa shape index (κ3) is 8.25. The van der Waals surface area contributed by atoms with Crippen molar-refractivity contribution >= 4 is 17.7 Å². The molecule has 4 heteroatoms. The molecule has 0 saturated heterocycles. The molecule has 0 N–H and O–H groups in total. The number of carbonyl (C=O) groups is 1. The summed E-state index contributed by atoms with van der Waals surface area (Å²) in [6.07, 6.45) is 0. The Balaban J connectivity index is 2.18. The first-order valence-corrected chi connectivity index (χ1v) is 13.6. The molecule has 3 rings (SSSR count). The van der Waals surface area contributed by atoms with Gasteiger partial charge in [0.2, 0.25) is 0 Å². The molecule has 0 aliphatic heterocycles. The Labute approximate surface area is 222 Å². The Hall–Kier alpha value is -2.56. The van der Waals surface area contributed by atoms with Crippen molar-refractivity contribution in [2.75, 3.05) is 0 Å². The molecule has 0 aliphatic rings. The van der Waals surface area contributed by atoms with Gasteiger partial charge < -0.3 is 4.74 Å². The summed E-state index contributed by atoms with van der Waals surface area (Å²) in [6.45, 7) is 15.3.